The van der Waals surface area contributed by atoms with Gasteiger partial charge < -0.3 is 5.11 Å². The molecule has 2 aromatic carbocycles. The van der Waals surface area contributed by atoms with E-state index in [1.807, 2.05) is 0 Å². The number of hydrogen-bond donors (Lipinski definition) is 1. The van der Waals surface area contributed by atoms with Gasteiger partial charge in [0, 0.05) is 31.4 Å². The lowest BCUT2D eigenvalue weighted by Gasteiger charge is -2.17. The van der Waals surface area contributed by atoms with Crippen LogP contribution in [0.25, 0.3) is 10.8 Å². The zero-order valence-electron chi connectivity index (χ0n) is 15.0. The number of carboxylic acids is 1. The maximum absolute atomic E-state index is 10.7. The summed E-state index contributed by atoms with van der Waals surface area (Å²) in [7, 11) is 0. The van der Waals surface area contributed by atoms with E-state index in [2.05, 4.69) is 62.6 Å². The van der Waals surface area contributed by atoms with Crippen LogP contribution in [-0.2, 0) is 10.2 Å². The van der Waals surface area contributed by atoms with Crippen molar-refractivity contribution < 1.29 is 14.5 Å². The quantitative estimate of drug-likeness (QED) is 0.634. The third-order valence-corrected chi connectivity index (χ3v) is 5.40. The second-order valence-corrected chi connectivity index (χ2v) is 7.40. The van der Waals surface area contributed by atoms with E-state index in [9.17, 15) is 4.79 Å². The third kappa shape index (κ3) is 2.72. The average molecular weight is 324 g/mol. The molecule has 3 heteroatoms. The second-order valence-electron chi connectivity index (χ2n) is 7.40. The Labute approximate surface area is 143 Å². The highest BCUT2D eigenvalue weighted by atomic mass is 16.4. The molecule has 0 saturated heterocycles. The molecule has 0 unspecified atom stereocenters. The number of carboxylic acid groups (broad SMARTS) is 1. The van der Waals surface area contributed by atoms with Crippen molar-refractivity contribution in [2.75, 3.05) is 6.54 Å². The van der Waals surface area contributed by atoms with Crippen LogP contribution in [0, 0.1) is 6.92 Å². The molecule has 0 bridgehead atoms. The summed E-state index contributed by atoms with van der Waals surface area (Å²) in [4.78, 5) is 10.7. The van der Waals surface area contributed by atoms with Crippen LogP contribution in [0.3, 0.4) is 0 Å². The van der Waals surface area contributed by atoms with Crippen molar-refractivity contribution in [2.24, 2.45) is 0 Å². The van der Waals surface area contributed by atoms with Crippen molar-refractivity contribution in [3.05, 3.63) is 41.5 Å². The van der Waals surface area contributed by atoms with Gasteiger partial charge in [-0.3, -0.25) is 4.79 Å². The first-order valence-corrected chi connectivity index (χ1v) is 8.69. The highest BCUT2D eigenvalue weighted by molar-refractivity contribution is 6.01. The SMILES string of the molecule is CC1=[N+](CCCCC(=O)O)c2ccc3cc(C)ccc3c2C1(C)C. The van der Waals surface area contributed by atoms with E-state index in [0.717, 1.165) is 19.4 Å². The summed E-state index contributed by atoms with van der Waals surface area (Å²) >= 11 is 0. The fraction of sp³-hybridized carbons (Fsp3) is 0.429. The molecule has 1 heterocycles. The summed E-state index contributed by atoms with van der Waals surface area (Å²) < 4.78 is 2.39. The van der Waals surface area contributed by atoms with Crippen molar-refractivity contribution in [1.29, 1.82) is 0 Å². The van der Waals surface area contributed by atoms with E-state index >= 15 is 0 Å². The van der Waals surface area contributed by atoms with Crippen LogP contribution >= 0.6 is 0 Å². The minimum Gasteiger partial charge on any atom is -0.481 e. The van der Waals surface area contributed by atoms with Gasteiger partial charge in [-0.2, -0.15) is 4.58 Å². The van der Waals surface area contributed by atoms with Crippen molar-refractivity contribution in [3.8, 4) is 0 Å². The first-order chi connectivity index (χ1) is 11.3. The molecular formula is C21H26NO2+. The molecule has 0 atom stereocenters. The molecule has 0 saturated carbocycles. The Bertz CT molecular complexity index is 846. The van der Waals surface area contributed by atoms with E-state index in [0.29, 0.717) is 0 Å². The number of unbranched alkanes of at least 4 members (excludes halogenated alkanes) is 1. The van der Waals surface area contributed by atoms with Gasteiger partial charge in [0.15, 0.2) is 5.71 Å². The molecule has 0 aromatic heterocycles. The Morgan fingerprint density at radius 3 is 2.58 bits per heavy atom. The standard InChI is InChI=1S/C21H25NO2/c1-14-8-10-17-16(13-14)9-11-18-20(17)21(3,4)15(2)22(18)12-6-5-7-19(23)24/h8-11,13H,5-7,12H2,1-4H3/p+1. The van der Waals surface area contributed by atoms with Gasteiger partial charge in [-0.15, -0.1) is 0 Å². The van der Waals surface area contributed by atoms with E-state index in [4.69, 9.17) is 5.11 Å². The lowest BCUT2D eigenvalue weighted by molar-refractivity contribution is -0.439. The third-order valence-electron chi connectivity index (χ3n) is 5.40. The normalized spacial score (nSPS) is 15.8. The number of benzene rings is 2. The summed E-state index contributed by atoms with van der Waals surface area (Å²) in [5.74, 6) is -0.709. The molecule has 1 aliphatic heterocycles. The van der Waals surface area contributed by atoms with Gasteiger partial charge in [0.2, 0.25) is 5.69 Å². The monoisotopic (exact) mass is 324 g/mol. The molecule has 0 radical (unpaired) electrons. The molecular weight excluding hydrogens is 298 g/mol. The molecule has 126 valence electrons. The van der Waals surface area contributed by atoms with Gasteiger partial charge in [0.05, 0.1) is 5.41 Å². The Morgan fingerprint density at radius 1 is 1.12 bits per heavy atom. The average Bonchev–Trinajstić information content (AvgIpc) is 2.71. The van der Waals surface area contributed by atoms with Crippen molar-refractivity contribution in [1.82, 2.24) is 0 Å². The number of hydrogen-bond acceptors (Lipinski definition) is 1. The minimum atomic E-state index is -0.709. The van der Waals surface area contributed by atoms with Crippen molar-refractivity contribution in [3.63, 3.8) is 0 Å². The predicted molar refractivity (Wildman–Crippen MR) is 98.7 cm³/mol. The second kappa shape index (κ2) is 6.04. The molecule has 3 rings (SSSR count). The smallest absolute Gasteiger partial charge is 0.303 e. The number of fused-ring (bicyclic) bond motifs is 3. The number of nitrogens with zero attached hydrogens (tertiary/aromatic N) is 1. The van der Waals surface area contributed by atoms with Crippen LogP contribution in [0.5, 0.6) is 0 Å². The zero-order chi connectivity index (χ0) is 17.5. The fourth-order valence-corrected chi connectivity index (χ4v) is 3.85. The molecule has 24 heavy (non-hydrogen) atoms. The Hall–Kier alpha value is -2.16. The maximum Gasteiger partial charge on any atom is 0.303 e. The van der Waals surface area contributed by atoms with Crippen LogP contribution < -0.4 is 0 Å². The van der Waals surface area contributed by atoms with Crippen LogP contribution in [0.1, 0.15) is 51.2 Å². The fourth-order valence-electron chi connectivity index (χ4n) is 3.85. The first kappa shape index (κ1) is 16.7. The largest absolute Gasteiger partial charge is 0.481 e. The predicted octanol–water partition coefficient (Wildman–Crippen LogP) is 4.80. The zero-order valence-corrected chi connectivity index (χ0v) is 15.0. The van der Waals surface area contributed by atoms with Crippen LogP contribution in [-0.4, -0.2) is 27.9 Å². The number of aryl methyl sites for hydroxylation is 1. The summed E-state index contributed by atoms with van der Waals surface area (Å²) in [5, 5.41) is 11.4. The van der Waals surface area contributed by atoms with Crippen LogP contribution in [0.4, 0.5) is 5.69 Å². The van der Waals surface area contributed by atoms with E-state index < -0.39 is 5.97 Å². The molecule has 1 N–H and O–H groups in total. The van der Waals surface area contributed by atoms with E-state index in [1.165, 1.54) is 33.3 Å². The van der Waals surface area contributed by atoms with E-state index in [1.54, 1.807) is 0 Å². The summed E-state index contributed by atoms with van der Waals surface area (Å²) in [6, 6.07) is 11.1. The molecule has 2 aromatic rings. The van der Waals surface area contributed by atoms with Gasteiger partial charge in [0.25, 0.3) is 0 Å². The summed E-state index contributed by atoms with van der Waals surface area (Å²) in [5.41, 5.74) is 5.31. The van der Waals surface area contributed by atoms with Gasteiger partial charge in [-0.05, 0) is 44.0 Å². The molecule has 3 nitrogen and oxygen atoms in total. The number of aliphatic carboxylic acids is 1. The van der Waals surface area contributed by atoms with Crippen LogP contribution in [0.15, 0.2) is 30.3 Å². The van der Waals surface area contributed by atoms with Gasteiger partial charge in [-0.25, -0.2) is 0 Å². The summed E-state index contributed by atoms with van der Waals surface area (Å²) in [6.45, 7) is 9.80. The van der Waals surface area contributed by atoms with Gasteiger partial charge in [-0.1, -0.05) is 23.8 Å². The lowest BCUT2D eigenvalue weighted by Crippen LogP contribution is -2.27. The first-order valence-electron chi connectivity index (χ1n) is 8.69. The van der Waals surface area contributed by atoms with E-state index in [-0.39, 0.29) is 11.8 Å². The van der Waals surface area contributed by atoms with Gasteiger partial charge >= 0.3 is 5.97 Å². The molecule has 0 fully saturated rings. The maximum atomic E-state index is 10.7. The molecule has 0 spiro atoms. The number of carbonyl (C=O) groups is 1. The Kier molecular flexibility index (Phi) is 4.20. The summed E-state index contributed by atoms with van der Waals surface area (Å²) in [6.07, 6.45) is 1.87. The lowest BCUT2D eigenvalue weighted by atomic mass is 9.79. The molecule has 1 aliphatic rings. The minimum absolute atomic E-state index is 0.00308. The van der Waals surface area contributed by atoms with Crippen molar-refractivity contribution >= 4 is 28.1 Å². The topological polar surface area (TPSA) is 40.3 Å². The van der Waals surface area contributed by atoms with Crippen molar-refractivity contribution in [2.45, 2.75) is 52.4 Å². The molecule has 0 aliphatic carbocycles. The van der Waals surface area contributed by atoms with Gasteiger partial charge in [0.1, 0.15) is 6.54 Å². The Balaban J connectivity index is 2.00. The highest BCUT2D eigenvalue weighted by Crippen LogP contribution is 2.43. The molecule has 0 amide bonds. The van der Waals surface area contributed by atoms with Crippen LogP contribution in [0.2, 0.25) is 0 Å². The number of rotatable bonds is 5. The Morgan fingerprint density at radius 2 is 1.88 bits per heavy atom. The highest BCUT2D eigenvalue weighted by Gasteiger charge is 2.43.